The van der Waals surface area contributed by atoms with Gasteiger partial charge < -0.3 is 4.74 Å². The lowest BCUT2D eigenvalue weighted by atomic mass is 10.0. The Morgan fingerprint density at radius 2 is 1.83 bits per heavy atom. The second kappa shape index (κ2) is 7.03. The standard InChI is InChI=1S/C17H20BrNO3S/c1-11-5-6-12(2)15(9-11)13(3)19-23(20,21)14-7-8-17(22-4)16(18)10-14/h5-10,13,19H,1-4H3/t13-/m0/s1. The van der Waals surface area contributed by atoms with Gasteiger partial charge in [-0.25, -0.2) is 13.1 Å². The first-order chi connectivity index (χ1) is 10.7. The predicted molar refractivity (Wildman–Crippen MR) is 95.3 cm³/mol. The zero-order valence-corrected chi connectivity index (χ0v) is 16.0. The summed E-state index contributed by atoms with van der Waals surface area (Å²) in [6.07, 6.45) is 0. The van der Waals surface area contributed by atoms with Crippen molar-refractivity contribution >= 4 is 26.0 Å². The van der Waals surface area contributed by atoms with Crippen LogP contribution >= 0.6 is 15.9 Å². The van der Waals surface area contributed by atoms with Crippen molar-refractivity contribution in [1.82, 2.24) is 4.72 Å². The molecule has 0 heterocycles. The van der Waals surface area contributed by atoms with E-state index in [1.807, 2.05) is 39.0 Å². The number of nitrogens with one attached hydrogen (secondary N) is 1. The SMILES string of the molecule is COc1ccc(S(=O)(=O)N[C@@H](C)c2cc(C)ccc2C)cc1Br. The van der Waals surface area contributed by atoms with Gasteiger partial charge in [0.25, 0.3) is 0 Å². The molecule has 0 spiro atoms. The van der Waals surface area contributed by atoms with E-state index in [0.29, 0.717) is 10.2 Å². The van der Waals surface area contributed by atoms with Crippen molar-refractivity contribution in [2.24, 2.45) is 0 Å². The van der Waals surface area contributed by atoms with Gasteiger partial charge in [0.1, 0.15) is 5.75 Å². The van der Waals surface area contributed by atoms with E-state index in [4.69, 9.17) is 4.74 Å². The lowest BCUT2D eigenvalue weighted by Crippen LogP contribution is -2.27. The average molecular weight is 398 g/mol. The largest absolute Gasteiger partial charge is 0.496 e. The molecule has 0 radical (unpaired) electrons. The summed E-state index contributed by atoms with van der Waals surface area (Å²) in [7, 11) is -2.08. The highest BCUT2D eigenvalue weighted by molar-refractivity contribution is 9.10. The molecule has 23 heavy (non-hydrogen) atoms. The molecule has 2 rings (SSSR count). The number of sulfonamides is 1. The molecule has 0 saturated carbocycles. The first kappa shape index (κ1) is 18.0. The molecule has 0 fully saturated rings. The lowest BCUT2D eigenvalue weighted by Gasteiger charge is -2.18. The van der Waals surface area contributed by atoms with E-state index in [1.165, 1.54) is 19.2 Å². The van der Waals surface area contributed by atoms with Crippen molar-refractivity contribution < 1.29 is 13.2 Å². The van der Waals surface area contributed by atoms with Crippen LogP contribution in [-0.4, -0.2) is 15.5 Å². The molecule has 2 aromatic rings. The molecule has 124 valence electrons. The Morgan fingerprint density at radius 1 is 1.13 bits per heavy atom. The number of hydrogen-bond acceptors (Lipinski definition) is 3. The van der Waals surface area contributed by atoms with Crippen LogP contribution in [0.5, 0.6) is 5.75 Å². The van der Waals surface area contributed by atoms with E-state index >= 15 is 0 Å². The van der Waals surface area contributed by atoms with Gasteiger partial charge in [-0.1, -0.05) is 23.8 Å². The number of rotatable bonds is 5. The maximum absolute atomic E-state index is 12.6. The molecule has 0 aliphatic rings. The van der Waals surface area contributed by atoms with E-state index in [2.05, 4.69) is 20.7 Å². The van der Waals surface area contributed by atoms with E-state index in [0.717, 1.165) is 16.7 Å². The minimum Gasteiger partial charge on any atom is -0.496 e. The molecule has 4 nitrogen and oxygen atoms in total. The molecule has 0 aliphatic heterocycles. The van der Waals surface area contributed by atoms with Crippen molar-refractivity contribution in [2.45, 2.75) is 31.7 Å². The summed E-state index contributed by atoms with van der Waals surface area (Å²) in [5, 5.41) is 0. The number of methoxy groups -OCH3 is 1. The zero-order chi connectivity index (χ0) is 17.2. The van der Waals surface area contributed by atoms with Gasteiger partial charge in [-0.05, 0) is 66.0 Å². The molecule has 0 aliphatic carbocycles. The Bertz CT molecular complexity index is 819. The highest BCUT2D eigenvalue weighted by Gasteiger charge is 2.20. The van der Waals surface area contributed by atoms with Gasteiger partial charge in [0.2, 0.25) is 10.0 Å². The lowest BCUT2D eigenvalue weighted by molar-refractivity contribution is 0.411. The van der Waals surface area contributed by atoms with Crippen LogP contribution in [0.1, 0.15) is 29.7 Å². The summed E-state index contributed by atoms with van der Waals surface area (Å²) in [6, 6.07) is 10.4. The number of hydrogen-bond donors (Lipinski definition) is 1. The zero-order valence-electron chi connectivity index (χ0n) is 13.6. The number of benzene rings is 2. The van der Waals surface area contributed by atoms with Crippen LogP contribution in [0, 0.1) is 13.8 Å². The number of ether oxygens (including phenoxy) is 1. The van der Waals surface area contributed by atoms with Crippen molar-refractivity contribution in [3.63, 3.8) is 0 Å². The van der Waals surface area contributed by atoms with Crippen LogP contribution in [-0.2, 0) is 10.0 Å². The predicted octanol–water partition coefficient (Wildman–Crippen LogP) is 4.11. The highest BCUT2D eigenvalue weighted by Crippen LogP contribution is 2.28. The van der Waals surface area contributed by atoms with Crippen LogP contribution in [0.2, 0.25) is 0 Å². The molecular weight excluding hydrogens is 378 g/mol. The first-order valence-electron chi connectivity index (χ1n) is 7.17. The van der Waals surface area contributed by atoms with E-state index in [-0.39, 0.29) is 10.9 Å². The molecule has 0 saturated heterocycles. The van der Waals surface area contributed by atoms with E-state index in [9.17, 15) is 8.42 Å². The second-order valence-corrected chi connectivity index (χ2v) is 8.07. The molecule has 1 atom stereocenters. The van der Waals surface area contributed by atoms with Crippen molar-refractivity contribution in [2.75, 3.05) is 7.11 Å². The molecule has 0 unspecified atom stereocenters. The molecule has 2 aromatic carbocycles. The van der Waals surface area contributed by atoms with Crippen molar-refractivity contribution in [3.8, 4) is 5.75 Å². The Kier molecular flexibility index (Phi) is 5.49. The first-order valence-corrected chi connectivity index (χ1v) is 9.45. The van der Waals surface area contributed by atoms with Gasteiger partial charge in [0.15, 0.2) is 0 Å². The van der Waals surface area contributed by atoms with Crippen LogP contribution < -0.4 is 9.46 Å². The Balaban J connectivity index is 2.30. The molecule has 0 aromatic heterocycles. The smallest absolute Gasteiger partial charge is 0.241 e. The normalized spacial score (nSPS) is 12.9. The summed E-state index contributed by atoms with van der Waals surface area (Å²) < 4.78 is 33.6. The minimum atomic E-state index is -3.62. The van der Waals surface area contributed by atoms with Gasteiger partial charge in [-0.3, -0.25) is 0 Å². The number of halogens is 1. The summed E-state index contributed by atoms with van der Waals surface area (Å²) in [4.78, 5) is 0.197. The van der Waals surface area contributed by atoms with Gasteiger partial charge in [0.05, 0.1) is 16.5 Å². The average Bonchev–Trinajstić information content (AvgIpc) is 2.49. The molecule has 1 N–H and O–H groups in total. The maximum Gasteiger partial charge on any atom is 0.241 e. The third kappa shape index (κ3) is 4.13. The Hall–Kier alpha value is -1.37. The molecule has 0 amide bonds. The van der Waals surface area contributed by atoms with Crippen LogP contribution in [0.15, 0.2) is 45.8 Å². The monoisotopic (exact) mass is 397 g/mol. The molecular formula is C17H20BrNO3S. The summed E-state index contributed by atoms with van der Waals surface area (Å²) in [5.41, 5.74) is 3.13. The quantitative estimate of drug-likeness (QED) is 0.825. The second-order valence-electron chi connectivity index (χ2n) is 5.50. The van der Waals surface area contributed by atoms with Crippen LogP contribution in [0.25, 0.3) is 0 Å². The topological polar surface area (TPSA) is 55.4 Å². The summed E-state index contributed by atoms with van der Waals surface area (Å²) >= 11 is 3.31. The fraction of sp³-hybridized carbons (Fsp3) is 0.294. The highest BCUT2D eigenvalue weighted by atomic mass is 79.9. The van der Waals surface area contributed by atoms with Gasteiger partial charge in [-0.2, -0.15) is 0 Å². The van der Waals surface area contributed by atoms with Gasteiger partial charge in [0, 0.05) is 6.04 Å². The number of aryl methyl sites for hydroxylation is 2. The van der Waals surface area contributed by atoms with Crippen molar-refractivity contribution in [3.05, 3.63) is 57.6 Å². The van der Waals surface area contributed by atoms with Crippen LogP contribution in [0.4, 0.5) is 0 Å². The Labute approximate surface area is 146 Å². The summed E-state index contributed by atoms with van der Waals surface area (Å²) in [5.74, 6) is 0.589. The van der Waals surface area contributed by atoms with Gasteiger partial charge in [-0.15, -0.1) is 0 Å². The Morgan fingerprint density at radius 3 is 2.43 bits per heavy atom. The third-order valence-electron chi connectivity index (χ3n) is 3.67. The van der Waals surface area contributed by atoms with Crippen molar-refractivity contribution in [1.29, 1.82) is 0 Å². The fourth-order valence-electron chi connectivity index (χ4n) is 2.40. The van der Waals surface area contributed by atoms with E-state index in [1.54, 1.807) is 6.07 Å². The molecule has 0 bridgehead atoms. The molecule has 6 heteroatoms. The fourth-order valence-corrected chi connectivity index (χ4v) is 4.35. The van der Waals surface area contributed by atoms with Crippen LogP contribution in [0.3, 0.4) is 0 Å². The minimum absolute atomic E-state index is 0.197. The maximum atomic E-state index is 12.6. The van der Waals surface area contributed by atoms with Gasteiger partial charge >= 0.3 is 0 Å². The van der Waals surface area contributed by atoms with E-state index < -0.39 is 10.0 Å². The third-order valence-corrected chi connectivity index (χ3v) is 5.82. The summed E-state index contributed by atoms with van der Waals surface area (Å²) in [6.45, 7) is 5.81.